The zero-order valence-electron chi connectivity index (χ0n) is 15.4. The van der Waals surface area contributed by atoms with Crippen LogP contribution in [0.1, 0.15) is 33.1 Å². The lowest BCUT2D eigenvalue weighted by Crippen LogP contribution is -2.38. The molecular formula is C23H25OS2-. The van der Waals surface area contributed by atoms with Gasteiger partial charge in [-0.1, -0.05) is 55.8 Å². The Bertz CT molecular complexity index is 745. The molecule has 0 spiro atoms. The third-order valence-electron chi connectivity index (χ3n) is 6.12. The predicted molar refractivity (Wildman–Crippen MR) is 110 cm³/mol. The van der Waals surface area contributed by atoms with Gasteiger partial charge in [0, 0.05) is 9.79 Å². The number of benzene rings is 2. The highest BCUT2D eigenvalue weighted by molar-refractivity contribution is 8.17. The average molecular weight is 382 g/mol. The minimum Gasteiger partial charge on any atom is -0.875 e. The molecule has 136 valence electrons. The normalized spacial score (nSPS) is 25.9. The van der Waals surface area contributed by atoms with E-state index in [9.17, 15) is 5.11 Å². The summed E-state index contributed by atoms with van der Waals surface area (Å²) < 4.78 is 0.301. The van der Waals surface area contributed by atoms with Crippen molar-refractivity contribution in [3.05, 3.63) is 72.0 Å². The summed E-state index contributed by atoms with van der Waals surface area (Å²) in [7, 11) is 0. The standard InChI is InChI=1S/C23H26OS2/c1-16(21-20(24)15-17-13-14-23(17,21)2)22(25-18-9-5-3-6-10-18)26-19-11-7-4-8-12-19/h3-12,16-17,22,24H,13-15H2,1-2H3/p-1/t16?,17-,23+/m1/s1. The van der Waals surface area contributed by atoms with Crippen molar-refractivity contribution in [2.45, 2.75) is 47.5 Å². The molecule has 2 aromatic rings. The summed E-state index contributed by atoms with van der Waals surface area (Å²) in [6.07, 6.45) is 3.18. The molecule has 1 nitrogen and oxygen atoms in total. The van der Waals surface area contributed by atoms with Gasteiger partial charge in [-0.3, -0.25) is 0 Å². The van der Waals surface area contributed by atoms with E-state index < -0.39 is 0 Å². The molecule has 0 N–H and O–H groups in total. The second kappa shape index (κ2) is 7.36. The summed E-state index contributed by atoms with van der Waals surface area (Å²) in [5.41, 5.74) is 1.37. The number of hydrogen-bond acceptors (Lipinski definition) is 3. The van der Waals surface area contributed by atoms with Gasteiger partial charge >= 0.3 is 0 Å². The minimum atomic E-state index is 0.156. The van der Waals surface area contributed by atoms with Gasteiger partial charge in [-0.05, 0) is 60.8 Å². The van der Waals surface area contributed by atoms with Gasteiger partial charge in [0.1, 0.15) is 0 Å². The molecule has 2 aliphatic carbocycles. The van der Waals surface area contributed by atoms with Crippen molar-refractivity contribution in [2.24, 2.45) is 17.3 Å². The van der Waals surface area contributed by atoms with Crippen LogP contribution in [0.15, 0.2) is 81.8 Å². The van der Waals surface area contributed by atoms with Crippen LogP contribution in [0.4, 0.5) is 0 Å². The van der Waals surface area contributed by atoms with Crippen LogP contribution >= 0.6 is 23.5 Å². The Hall–Kier alpha value is -1.32. The lowest BCUT2D eigenvalue weighted by Gasteiger charge is -2.47. The highest BCUT2D eigenvalue weighted by atomic mass is 32.2. The van der Waals surface area contributed by atoms with Gasteiger partial charge in [0.05, 0.1) is 4.58 Å². The Morgan fingerprint density at radius 2 is 1.50 bits per heavy atom. The summed E-state index contributed by atoms with van der Waals surface area (Å²) in [6.45, 7) is 4.60. The van der Waals surface area contributed by atoms with Gasteiger partial charge in [-0.25, -0.2) is 0 Å². The molecule has 0 bridgehead atoms. The van der Waals surface area contributed by atoms with E-state index in [1.807, 2.05) is 23.5 Å². The SMILES string of the molecule is CC(C1=C([O-])C[C@H]2CC[C@]12C)C(Sc1ccccc1)Sc1ccccc1. The van der Waals surface area contributed by atoms with Crippen LogP contribution in [0.25, 0.3) is 0 Å². The average Bonchev–Trinajstić information content (AvgIpc) is 2.82. The number of thioether (sulfide) groups is 2. The van der Waals surface area contributed by atoms with Gasteiger partial charge in [-0.15, -0.1) is 29.3 Å². The maximum atomic E-state index is 12.8. The molecule has 0 aromatic heterocycles. The van der Waals surface area contributed by atoms with Crippen LogP contribution in [-0.2, 0) is 0 Å². The zero-order valence-corrected chi connectivity index (χ0v) is 17.0. The van der Waals surface area contributed by atoms with E-state index in [4.69, 9.17) is 0 Å². The third-order valence-corrected chi connectivity index (χ3v) is 9.06. The molecule has 26 heavy (non-hydrogen) atoms. The van der Waals surface area contributed by atoms with Crippen LogP contribution in [0.5, 0.6) is 0 Å². The second-order valence-corrected chi connectivity index (χ2v) is 10.4. The van der Waals surface area contributed by atoms with Crippen LogP contribution in [-0.4, -0.2) is 4.58 Å². The van der Waals surface area contributed by atoms with Crippen molar-refractivity contribution in [1.29, 1.82) is 0 Å². The Labute approximate surface area is 165 Å². The fourth-order valence-electron chi connectivity index (χ4n) is 4.52. The molecule has 0 radical (unpaired) electrons. The molecule has 2 aliphatic rings. The highest BCUT2D eigenvalue weighted by Gasteiger charge is 2.51. The summed E-state index contributed by atoms with van der Waals surface area (Å²) in [6, 6.07) is 21.2. The first-order chi connectivity index (χ1) is 12.6. The van der Waals surface area contributed by atoms with Gasteiger partial charge in [-0.2, -0.15) is 0 Å². The molecule has 3 heteroatoms. The Morgan fingerprint density at radius 3 is 1.92 bits per heavy atom. The van der Waals surface area contributed by atoms with Crippen molar-refractivity contribution in [2.75, 3.05) is 0 Å². The minimum absolute atomic E-state index is 0.156. The van der Waals surface area contributed by atoms with E-state index in [0.29, 0.717) is 16.3 Å². The van der Waals surface area contributed by atoms with Crippen LogP contribution in [0.3, 0.4) is 0 Å². The van der Waals surface area contributed by atoms with E-state index in [2.05, 4.69) is 74.5 Å². The van der Waals surface area contributed by atoms with Crippen LogP contribution < -0.4 is 5.11 Å². The molecule has 1 saturated carbocycles. The highest BCUT2D eigenvalue weighted by Crippen LogP contribution is 2.62. The number of allylic oxidation sites excluding steroid dienone is 2. The summed E-state index contributed by atoms with van der Waals surface area (Å²) in [5, 5.41) is 12.8. The zero-order chi connectivity index (χ0) is 18.1. The smallest absolute Gasteiger partial charge is 0.0659 e. The lowest BCUT2D eigenvalue weighted by atomic mass is 9.59. The van der Waals surface area contributed by atoms with Crippen molar-refractivity contribution < 1.29 is 5.11 Å². The Balaban J connectivity index is 1.62. The topological polar surface area (TPSA) is 23.1 Å². The Kier molecular flexibility index (Phi) is 5.11. The molecule has 0 saturated heterocycles. The van der Waals surface area contributed by atoms with Gasteiger partial charge in [0.25, 0.3) is 0 Å². The van der Waals surface area contributed by atoms with Gasteiger partial charge in [0.15, 0.2) is 0 Å². The maximum absolute atomic E-state index is 12.8. The van der Waals surface area contributed by atoms with Crippen LogP contribution in [0, 0.1) is 17.3 Å². The maximum Gasteiger partial charge on any atom is 0.0659 e. The summed E-state index contributed by atoms with van der Waals surface area (Å²) >= 11 is 3.79. The lowest BCUT2D eigenvalue weighted by molar-refractivity contribution is -0.307. The van der Waals surface area contributed by atoms with Crippen molar-refractivity contribution >= 4 is 23.5 Å². The fraction of sp³-hybridized carbons (Fsp3) is 0.391. The number of fused-ring (bicyclic) bond motifs is 1. The second-order valence-electron chi connectivity index (χ2n) is 7.71. The van der Waals surface area contributed by atoms with Crippen molar-refractivity contribution in [3.63, 3.8) is 0 Å². The number of rotatable bonds is 6. The van der Waals surface area contributed by atoms with E-state index >= 15 is 0 Å². The quantitative estimate of drug-likeness (QED) is 0.455. The fourth-order valence-corrected chi connectivity index (χ4v) is 7.22. The molecule has 0 heterocycles. The van der Waals surface area contributed by atoms with Crippen LogP contribution in [0.2, 0.25) is 0 Å². The third kappa shape index (κ3) is 3.32. The van der Waals surface area contributed by atoms with Crippen molar-refractivity contribution in [3.8, 4) is 0 Å². The predicted octanol–water partition coefficient (Wildman–Crippen LogP) is 5.97. The summed E-state index contributed by atoms with van der Waals surface area (Å²) in [4.78, 5) is 2.54. The monoisotopic (exact) mass is 381 g/mol. The molecule has 0 amide bonds. The molecule has 4 rings (SSSR count). The van der Waals surface area contributed by atoms with E-state index in [1.54, 1.807) is 0 Å². The van der Waals surface area contributed by atoms with Gasteiger partial charge in [0.2, 0.25) is 0 Å². The van der Waals surface area contributed by atoms with Crippen molar-refractivity contribution in [1.82, 2.24) is 0 Å². The van der Waals surface area contributed by atoms with E-state index in [1.165, 1.54) is 28.2 Å². The first kappa shape index (κ1) is 18.1. The largest absolute Gasteiger partial charge is 0.875 e. The molecule has 2 aromatic carbocycles. The first-order valence-electron chi connectivity index (χ1n) is 9.42. The number of hydrogen-bond donors (Lipinski definition) is 0. The molecular weight excluding hydrogens is 356 g/mol. The molecule has 1 fully saturated rings. The molecule has 1 unspecified atom stereocenters. The Morgan fingerprint density at radius 1 is 0.962 bits per heavy atom. The first-order valence-corrected chi connectivity index (χ1v) is 11.2. The molecule has 0 aliphatic heterocycles. The van der Waals surface area contributed by atoms with Gasteiger partial charge < -0.3 is 5.11 Å². The van der Waals surface area contributed by atoms with E-state index in [-0.39, 0.29) is 11.3 Å². The summed E-state index contributed by atoms with van der Waals surface area (Å²) in [5.74, 6) is 1.29. The molecule has 3 atom stereocenters. The van der Waals surface area contributed by atoms with E-state index in [0.717, 1.165) is 6.42 Å².